The highest BCUT2D eigenvalue weighted by molar-refractivity contribution is 8.00. The zero-order chi connectivity index (χ0) is 74.1. The van der Waals surface area contributed by atoms with Crippen molar-refractivity contribution in [1.82, 2.24) is 0 Å². The minimum atomic E-state index is -2.27. The first-order valence-corrected chi connectivity index (χ1v) is 52.5. The molecule has 8 heteroatoms. The molecule has 1 aromatic carbocycles. The third kappa shape index (κ3) is 14.5. The third-order valence-electron chi connectivity index (χ3n) is 34.2. The second-order valence-corrected chi connectivity index (χ2v) is 59.4. The van der Waals surface area contributed by atoms with Crippen LogP contribution in [0, 0.1) is 116 Å². The maximum absolute atomic E-state index is 13.7. The normalized spacial score (nSPS) is 39.7. The minimum Gasteiger partial charge on any atom is -0.414 e. The molecule has 4 nitrogen and oxygen atoms in total. The van der Waals surface area contributed by atoms with Crippen LogP contribution in [-0.4, -0.2) is 59.1 Å². The smallest absolute Gasteiger partial charge is 0.192 e. The molecule has 0 radical (unpaired) electrons. The molecule has 0 aromatic heterocycles. The van der Waals surface area contributed by atoms with Crippen LogP contribution in [0.5, 0.6) is 0 Å². The number of rotatable bonds is 13. The van der Waals surface area contributed by atoms with E-state index in [-0.39, 0.29) is 15.5 Å². The Kier molecular flexibility index (Phi) is 22.4. The van der Waals surface area contributed by atoms with Crippen molar-refractivity contribution in [2.24, 2.45) is 104 Å². The summed E-state index contributed by atoms with van der Waals surface area (Å²) in [6.07, 6.45) is 50.9. The number of allylic oxidation sites excluding steroid dienone is 9. The highest BCUT2D eigenvalue weighted by Gasteiger charge is 2.62. The van der Waals surface area contributed by atoms with Gasteiger partial charge in [0.1, 0.15) is 0 Å². The fourth-order valence-electron chi connectivity index (χ4n) is 24.5. The van der Waals surface area contributed by atoms with Gasteiger partial charge in [-0.15, -0.1) is 12.3 Å². The van der Waals surface area contributed by atoms with Gasteiger partial charge in [-0.05, 0) is 314 Å². The van der Waals surface area contributed by atoms with E-state index in [0.717, 1.165) is 53.2 Å². The lowest BCUT2D eigenvalue weighted by atomic mass is 9.50. The summed E-state index contributed by atoms with van der Waals surface area (Å²) < 4.78 is 34.4. The average molecular weight is 1450 g/mol. The topological polar surface area (TPSA) is 44.8 Å². The molecular weight excluding hydrogens is 1300 g/mol. The molecule has 0 heterocycles. The summed E-state index contributed by atoms with van der Waals surface area (Å²) in [7, 11) is -7.45. The summed E-state index contributed by atoms with van der Waals surface area (Å²) >= 11 is 0. The zero-order valence-corrected chi connectivity index (χ0v) is 73.4. The summed E-state index contributed by atoms with van der Waals surface area (Å²) in [5, 5.41) is 0.836. The Hall–Kier alpha value is -2.23. The number of fused-ring (bicyclic) bond motifs is 15. The van der Waals surface area contributed by atoms with Crippen molar-refractivity contribution in [3.05, 3.63) is 100 Å². The Morgan fingerprint density at radius 1 is 0.465 bits per heavy atom. The van der Waals surface area contributed by atoms with Gasteiger partial charge in [0.15, 0.2) is 25.0 Å². The van der Waals surface area contributed by atoms with Crippen LogP contribution in [0.4, 0.5) is 0 Å². The lowest BCUT2D eigenvalue weighted by molar-refractivity contribution is 0.0352. The summed E-state index contributed by atoms with van der Waals surface area (Å²) in [6.45, 7) is 60.8. The van der Waals surface area contributed by atoms with Crippen molar-refractivity contribution < 1.29 is 17.5 Å². The van der Waals surface area contributed by atoms with Crippen LogP contribution in [-0.2, 0) is 22.8 Å². The molecule has 0 saturated heterocycles. The first-order valence-electron chi connectivity index (χ1n) is 41.9. The standard InChI is InChI=1S/C35H54O2SSi.C29H50OSi.C29H46OSi/c1-25(24-38(7,36)28-13-11-10-12-14-28)30-17-18-31-29-16-15-26-23-27(37-39(8,9)33(2,3)4)19-21-34(26,5)32(29)20-22-35(30,31)6;2*1-10-20(2)24-13-14-25-23-12-11-21-19-22(30-31(8,9)27(3,4)5)15-17-28(21,6)26(23)16-18-29(24,25)7/h10-16,25,27,30-32H,7,17-24H2,1-6,8-9H3;11-12,20,22,24-26H,10,13-19H2,1-9H3;1,11-12,20,22,24-26H,13-19H2,2-9H3/t25-,27?,30+,31-,32-,34-,35+,38?;2*20-,22?,24+,25-,26-,28-,29+/m000/s1. The van der Waals surface area contributed by atoms with Crippen molar-refractivity contribution in [3.63, 3.8) is 0 Å². The van der Waals surface area contributed by atoms with Gasteiger partial charge in [0.05, 0.1) is 0 Å². The van der Waals surface area contributed by atoms with Crippen LogP contribution in [0.25, 0.3) is 0 Å². The molecule has 13 rings (SSSR count). The van der Waals surface area contributed by atoms with Crippen LogP contribution in [0.2, 0.25) is 54.4 Å². The summed E-state index contributed by atoms with van der Waals surface area (Å²) in [5.41, 5.74) is 12.6. The second-order valence-electron chi connectivity index (χ2n) is 42.7. The number of hydrogen-bond donors (Lipinski definition) is 0. The van der Waals surface area contributed by atoms with E-state index in [1.807, 2.05) is 35.9 Å². The number of terminal acetylenes is 1. The van der Waals surface area contributed by atoms with Crippen LogP contribution < -0.4 is 0 Å². The van der Waals surface area contributed by atoms with Gasteiger partial charge in [-0.3, -0.25) is 4.21 Å². The van der Waals surface area contributed by atoms with E-state index in [2.05, 4.69) is 219 Å². The molecule has 0 spiro atoms. The van der Waals surface area contributed by atoms with Gasteiger partial charge in [-0.1, -0.05) is 226 Å². The largest absolute Gasteiger partial charge is 0.414 e. The van der Waals surface area contributed by atoms with Gasteiger partial charge >= 0.3 is 0 Å². The number of benzene rings is 1. The Morgan fingerprint density at radius 2 is 0.782 bits per heavy atom. The van der Waals surface area contributed by atoms with Gasteiger partial charge in [0, 0.05) is 34.9 Å². The van der Waals surface area contributed by atoms with Gasteiger partial charge in [-0.2, -0.15) is 0 Å². The first kappa shape index (κ1) is 79.8. The van der Waals surface area contributed by atoms with Crippen molar-refractivity contribution in [1.29, 1.82) is 0 Å². The van der Waals surface area contributed by atoms with Crippen LogP contribution >= 0.6 is 0 Å². The van der Waals surface area contributed by atoms with E-state index < -0.39 is 34.5 Å². The molecular formula is C93H150O4SSi3. The molecule has 101 heavy (non-hydrogen) atoms. The third-order valence-corrected chi connectivity index (χ3v) is 50.0. The van der Waals surface area contributed by atoms with E-state index in [9.17, 15) is 4.21 Å². The summed E-state index contributed by atoms with van der Waals surface area (Å²) in [5.74, 6) is 16.4. The minimum absolute atomic E-state index is 0.258. The lowest BCUT2D eigenvalue weighted by Crippen LogP contribution is -2.49. The lowest BCUT2D eigenvalue weighted by Gasteiger charge is -2.56. The van der Waals surface area contributed by atoms with E-state index >= 15 is 0 Å². The SMILES string of the molecule is C#C[C@H](C)[C@H]1CC[C@H]2C3=CC=C4CC(O[Si](C)(C)C(C)(C)C)CC[C@]4(C)[C@H]3CC[C@]12C.C=S(=O)(C[C@H](C)[C@H]1CC[C@H]2C3=CC=C4CC(O[Si](C)(C)C(C)(C)C)CC[C@]4(C)[C@H]3CC[C@]12C)c1ccccc1.CC[C@H](C)[C@H]1CC[C@H]2C3=CC=C4CC(O[Si](C)(C)C(C)(C)C)CC[C@]4(C)[C@H]3CC[C@]12C. The fourth-order valence-corrected chi connectivity index (χ4v) is 30.6. The van der Waals surface area contributed by atoms with E-state index in [1.165, 1.54) is 128 Å². The maximum Gasteiger partial charge on any atom is 0.192 e. The molecule has 22 atom stereocenters. The van der Waals surface area contributed by atoms with Crippen molar-refractivity contribution in [2.45, 2.75) is 350 Å². The maximum atomic E-state index is 13.7. The molecule has 0 amide bonds. The van der Waals surface area contributed by atoms with Crippen molar-refractivity contribution in [3.8, 4) is 12.3 Å². The zero-order valence-electron chi connectivity index (χ0n) is 69.6. The van der Waals surface area contributed by atoms with E-state index in [4.69, 9.17) is 19.7 Å². The predicted molar refractivity (Wildman–Crippen MR) is 443 cm³/mol. The van der Waals surface area contributed by atoms with Crippen molar-refractivity contribution >= 4 is 40.3 Å². The fraction of sp³-hybridized carbons (Fsp3) is 0.774. The van der Waals surface area contributed by atoms with Gasteiger partial charge in [0.2, 0.25) is 0 Å². The quantitative estimate of drug-likeness (QED) is 0.112. The van der Waals surface area contributed by atoms with Gasteiger partial charge in [0.25, 0.3) is 0 Å². The average Bonchev–Trinajstić information content (AvgIpc) is 1.69. The molecule has 0 aliphatic heterocycles. The molecule has 0 N–H and O–H groups in total. The van der Waals surface area contributed by atoms with Gasteiger partial charge in [-0.25, -0.2) is 0 Å². The Morgan fingerprint density at radius 3 is 1.10 bits per heavy atom. The Labute approximate surface area is 625 Å². The summed E-state index contributed by atoms with van der Waals surface area (Å²) in [4.78, 5) is 0.911. The molecule has 9 saturated carbocycles. The molecule has 0 bridgehead atoms. The molecule has 12 aliphatic rings. The Bertz CT molecular complexity index is 3530. The molecule has 9 fully saturated rings. The number of hydrogen-bond acceptors (Lipinski definition) is 4. The monoisotopic (exact) mass is 1450 g/mol. The molecule has 4 unspecified atom stereocenters. The predicted octanol–water partition coefficient (Wildman–Crippen LogP) is 26.4. The molecule has 1 aromatic rings. The highest BCUT2D eigenvalue weighted by atomic mass is 32.2. The second kappa shape index (κ2) is 28.3. The Balaban J connectivity index is 0.000000154. The molecule has 564 valence electrons. The summed E-state index contributed by atoms with van der Waals surface area (Å²) in [6, 6.07) is 9.97. The van der Waals surface area contributed by atoms with Crippen LogP contribution in [0.15, 0.2) is 105 Å². The van der Waals surface area contributed by atoms with E-state index in [1.54, 1.807) is 27.9 Å². The van der Waals surface area contributed by atoms with Crippen molar-refractivity contribution in [2.75, 3.05) is 5.75 Å². The van der Waals surface area contributed by atoms with Crippen LogP contribution in [0.3, 0.4) is 0 Å². The van der Waals surface area contributed by atoms with Gasteiger partial charge < -0.3 is 13.3 Å². The first-order chi connectivity index (χ1) is 46.7. The molecule has 12 aliphatic carbocycles. The highest BCUT2D eigenvalue weighted by Crippen LogP contribution is 2.70. The van der Waals surface area contributed by atoms with Crippen LogP contribution in [0.1, 0.15) is 273 Å². The van der Waals surface area contributed by atoms with E-state index in [0.29, 0.717) is 91.7 Å².